The van der Waals surface area contributed by atoms with Crippen LogP contribution < -0.4 is 0 Å². The first-order valence-corrected chi connectivity index (χ1v) is 8.22. The molecule has 0 aromatic carbocycles. The molecule has 2 fully saturated rings. The van der Waals surface area contributed by atoms with Gasteiger partial charge >= 0.3 is 5.97 Å². The fourth-order valence-corrected chi connectivity index (χ4v) is 2.08. The fourth-order valence-electron chi connectivity index (χ4n) is 2.08. The Morgan fingerprint density at radius 1 is 1.05 bits per heavy atom. The van der Waals surface area contributed by atoms with Gasteiger partial charge in [0, 0.05) is 6.42 Å². The van der Waals surface area contributed by atoms with Crippen LogP contribution in [-0.4, -0.2) is 64.4 Å². The van der Waals surface area contributed by atoms with E-state index in [4.69, 9.17) is 23.7 Å². The van der Waals surface area contributed by atoms with Gasteiger partial charge in [-0.2, -0.15) is 0 Å². The van der Waals surface area contributed by atoms with Crippen molar-refractivity contribution in [3.8, 4) is 0 Å². The van der Waals surface area contributed by atoms with Gasteiger partial charge in [0.2, 0.25) is 0 Å². The van der Waals surface area contributed by atoms with E-state index >= 15 is 0 Å². The van der Waals surface area contributed by atoms with Gasteiger partial charge in [-0.1, -0.05) is 13.8 Å². The molecule has 0 radical (unpaired) electrons. The Balaban J connectivity index is 1.78. The van der Waals surface area contributed by atoms with Crippen LogP contribution in [0.3, 0.4) is 0 Å². The van der Waals surface area contributed by atoms with Gasteiger partial charge < -0.3 is 23.7 Å². The summed E-state index contributed by atoms with van der Waals surface area (Å²) in [7, 11) is 0. The van der Waals surface area contributed by atoms with E-state index < -0.39 is 0 Å². The lowest BCUT2D eigenvalue weighted by Gasteiger charge is -2.31. The summed E-state index contributed by atoms with van der Waals surface area (Å²) in [5, 5.41) is 0. The lowest BCUT2D eigenvalue weighted by molar-refractivity contribution is -0.152. The van der Waals surface area contributed by atoms with Crippen LogP contribution in [0.4, 0.5) is 0 Å². The van der Waals surface area contributed by atoms with Gasteiger partial charge in [0.25, 0.3) is 0 Å². The van der Waals surface area contributed by atoms with Crippen LogP contribution in [0.1, 0.15) is 33.1 Å². The third-order valence-electron chi connectivity index (χ3n) is 3.97. The van der Waals surface area contributed by atoms with Crippen LogP contribution in [0, 0.1) is 5.41 Å². The highest BCUT2D eigenvalue weighted by atomic mass is 16.6. The van der Waals surface area contributed by atoms with E-state index in [1.165, 1.54) is 0 Å². The second-order valence-corrected chi connectivity index (χ2v) is 6.21. The zero-order valence-electron chi connectivity index (χ0n) is 13.7. The highest BCUT2D eigenvalue weighted by Gasteiger charge is 2.34. The Morgan fingerprint density at radius 2 is 1.59 bits per heavy atom. The summed E-state index contributed by atoms with van der Waals surface area (Å²) in [4.78, 5) is 11.6. The zero-order valence-corrected chi connectivity index (χ0v) is 13.7. The van der Waals surface area contributed by atoms with E-state index in [0.29, 0.717) is 39.5 Å². The maximum atomic E-state index is 11.6. The van der Waals surface area contributed by atoms with Gasteiger partial charge in [-0.3, -0.25) is 4.79 Å². The van der Waals surface area contributed by atoms with Gasteiger partial charge in [-0.05, 0) is 12.8 Å². The van der Waals surface area contributed by atoms with Crippen molar-refractivity contribution in [3.05, 3.63) is 0 Å². The molecule has 2 aliphatic rings. The quantitative estimate of drug-likeness (QED) is 0.379. The first-order valence-electron chi connectivity index (χ1n) is 8.22. The number of hydrogen-bond donors (Lipinski definition) is 0. The SMILES string of the molecule is CCCC(=O)OCC(CC)(COCC1CO1)COCC1CO1. The molecule has 2 rings (SSSR count). The molecule has 0 bridgehead atoms. The van der Waals surface area contributed by atoms with Crippen molar-refractivity contribution in [2.45, 2.75) is 45.3 Å². The van der Waals surface area contributed by atoms with Crippen molar-refractivity contribution < 1.29 is 28.5 Å². The van der Waals surface area contributed by atoms with Gasteiger partial charge in [0.15, 0.2) is 0 Å². The maximum absolute atomic E-state index is 11.6. The number of carbonyl (C=O) groups excluding carboxylic acids is 1. The topological polar surface area (TPSA) is 69.8 Å². The minimum atomic E-state index is -0.298. The molecule has 0 N–H and O–H groups in total. The number of ether oxygens (including phenoxy) is 5. The summed E-state index contributed by atoms with van der Waals surface area (Å²) < 4.78 is 27.2. The van der Waals surface area contributed by atoms with E-state index in [1.54, 1.807) is 0 Å². The Kier molecular flexibility index (Phi) is 7.08. The summed E-state index contributed by atoms with van der Waals surface area (Å²) in [6, 6.07) is 0. The summed E-state index contributed by atoms with van der Waals surface area (Å²) >= 11 is 0. The number of esters is 1. The zero-order chi connectivity index (χ0) is 15.8. The van der Waals surface area contributed by atoms with Crippen LogP contribution >= 0.6 is 0 Å². The highest BCUT2D eigenvalue weighted by Crippen LogP contribution is 2.26. The van der Waals surface area contributed by atoms with E-state index in [9.17, 15) is 4.79 Å². The molecular weight excluding hydrogens is 288 g/mol. The third-order valence-corrected chi connectivity index (χ3v) is 3.97. The second-order valence-electron chi connectivity index (χ2n) is 6.21. The third kappa shape index (κ3) is 6.60. The molecule has 0 saturated carbocycles. The second kappa shape index (κ2) is 8.82. The van der Waals surface area contributed by atoms with Crippen LogP contribution in [0.25, 0.3) is 0 Å². The molecule has 0 amide bonds. The lowest BCUT2D eigenvalue weighted by atomic mass is 9.88. The van der Waals surface area contributed by atoms with Crippen molar-refractivity contribution in [1.82, 2.24) is 0 Å². The molecule has 128 valence electrons. The maximum Gasteiger partial charge on any atom is 0.305 e. The van der Waals surface area contributed by atoms with Crippen LogP contribution in [0.5, 0.6) is 0 Å². The predicted octanol–water partition coefficient (Wildman–Crippen LogP) is 1.56. The molecule has 0 aromatic heterocycles. The summed E-state index contributed by atoms with van der Waals surface area (Å²) in [5.41, 5.74) is -0.298. The van der Waals surface area contributed by atoms with Crippen LogP contribution in [0.15, 0.2) is 0 Å². The van der Waals surface area contributed by atoms with E-state index in [1.807, 2.05) is 6.92 Å². The largest absolute Gasteiger partial charge is 0.465 e. The average molecular weight is 316 g/mol. The van der Waals surface area contributed by atoms with E-state index in [0.717, 1.165) is 26.1 Å². The number of carbonyl (C=O) groups is 1. The number of hydrogen-bond acceptors (Lipinski definition) is 6. The summed E-state index contributed by atoms with van der Waals surface area (Å²) in [6.07, 6.45) is 2.54. The van der Waals surface area contributed by atoms with Crippen molar-refractivity contribution in [1.29, 1.82) is 0 Å². The molecule has 0 aliphatic carbocycles. The van der Waals surface area contributed by atoms with Crippen molar-refractivity contribution in [3.63, 3.8) is 0 Å². The lowest BCUT2D eigenvalue weighted by Crippen LogP contribution is -2.38. The van der Waals surface area contributed by atoms with Crippen LogP contribution in [0.2, 0.25) is 0 Å². The fraction of sp³-hybridized carbons (Fsp3) is 0.938. The molecule has 2 saturated heterocycles. The highest BCUT2D eigenvalue weighted by molar-refractivity contribution is 5.69. The predicted molar refractivity (Wildman–Crippen MR) is 79.7 cm³/mol. The van der Waals surface area contributed by atoms with Crippen molar-refractivity contribution in [2.75, 3.05) is 46.2 Å². The molecular formula is C16H28O6. The monoisotopic (exact) mass is 316 g/mol. The Labute approximate surface area is 132 Å². The minimum Gasteiger partial charge on any atom is -0.465 e. The van der Waals surface area contributed by atoms with Crippen molar-refractivity contribution in [2.24, 2.45) is 5.41 Å². The van der Waals surface area contributed by atoms with Gasteiger partial charge in [-0.25, -0.2) is 0 Å². The standard InChI is InChI=1S/C16H28O6/c1-3-5-15(17)22-12-16(4-2,10-18-6-13-8-20-13)11-19-7-14-9-21-14/h13-14H,3-12H2,1-2H3. The normalized spacial score (nSPS) is 25.5. The molecule has 2 atom stereocenters. The number of rotatable bonds is 13. The van der Waals surface area contributed by atoms with Gasteiger partial charge in [0.1, 0.15) is 18.8 Å². The van der Waals surface area contributed by atoms with E-state index in [2.05, 4.69) is 6.92 Å². The molecule has 2 heterocycles. The average Bonchev–Trinajstić information content (AvgIpc) is 3.39. The molecule has 2 unspecified atom stereocenters. The van der Waals surface area contributed by atoms with Crippen molar-refractivity contribution >= 4 is 5.97 Å². The molecule has 22 heavy (non-hydrogen) atoms. The van der Waals surface area contributed by atoms with Crippen LogP contribution in [-0.2, 0) is 28.5 Å². The van der Waals surface area contributed by atoms with Gasteiger partial charge in [0.05, 0.1) is 45.1 Å². The minimum absolute atomic E-state index is 0.156. The first-order chi connectivity index (χ1) is 10.7. The van der Waals surface area contributed by atoms with E-state index in [-0.39, 0.29) is 23.6 Å². The Bertz CT molecular complexity index is 320. The Morgan fingerprint density at radius 3 is 2.00 bits per heavy atom. The Hall–Kier alpha value is -0.690. The molecule has 0 aromatic rings. The van der Waals surface area contributed by atoms with Gasteiger partial charge in [-0.15, -0.1) is 0 Å². The molecule has 0 spiro atoms. The summed E-state index contributed by atoms with van der Waals surface area (Å²) in [5.74, 6) is -0.156. The first kappa shape index (κ1) is 17.7. The molecule has 6 nitrogen and oxygen atoms in total. The summed E-state index contributed by atoms with van der Waals surface area (Å²) in [6.45, 7) is 8.13. The molecule has 2 aliphatic heterocycles. The molecule has 6 heteroatoms. The number of epoxide rings is 2. The smallest absolute Gasteiger partial charge is 0.305 e.